The second-order valence-electron chi connectivity index (χ2n) is 7.89. The second-order valence-corrected chi connectivity index (χ2v) is 9.57. The molecule has 1 aromatic heterocycles. The number of hydrogen-bond acceptors (Lipinski definition) is 6. The van der Waals surface area contributed by atoms with E-state index in [9.17, 15) is 8.42 Å². The van der Waals surface area contributed by atoms with Crippen LogP contribution in [0.5, 0.6) is 11.5 Å². The summed E-state index contributed by atoms with van der Waals surface area (Å²) in [4.78, 5) is 2.58. The lowest BCUT2D eigenvalue weighted by Gasteiger charge is -2.44. The number of methoxy groups -OCH3 is 1. The van der Waals surface area contributed by atoms with Gasteiger partial charge in [0.25, 0.3) is 10.0 Å². The summed E-state index contributed by atoms with van der Waals surface area (Å²) in [7, 11) is -2.21. The maximum absolute atomic E-state index is 12.9. The van der Waals surface area contributed by atoms with Gasteiger partial charge in [-0.1, -0.05) is 0 Å². The summed E-state index contributed by atoms with van der Waals surface area (Å²) in [5.41, 5.74) is 1.08. The van der Waals surface area contributed by atoms with Crippen molar-refractivity contribution in [3.8, 4) is 11.5 Å². The number of anilines is 1. The Morgan fingerprint density at radius 3 is 2.48 bits per heavy atom. The van der Waals surface area contributed by atoms with Gasteiger partial charge in [0.2, 0.25) is 0 Å². The molecule has 0 saturated carbocycles. The van der Waals surface area contributed by atoms with Crippen LogP contribution in [0.15, 0.2) is 58.0 Å². The van der Waals surface area contributed by atoms with Crippen LogP contribution < -0.4 is 14.2 Å². The summed E-state index contributed by atoms with van der Waals surface area (Å²) in [5, 5.41) is 0.793. The van der Waals surface area contributed by atoms with Gasteiger partial charge in [0.1, 0.15) is 11.9 Å². The van der Waals surface area contributed by atoms with E-state index in [1.165, 1.54) is 12.1 Å². The van der Waals surface area contributed by atoms with Crippen LogP contribution in [0.1, 0.15) is 12.8 Å². The number of nitrogens with zero attached hydrogens (tertiary/aromatic N) is 1. The highest BCUT2D eigenvalue weighted by molar-refractivity contribution is 7.92. The standard InChI is InChI=1S/C22H24N2O5S.ClH/c1-27-18-2-4-19(5-3-18)30(25,26)23-17-12-16-8-11-28-22(16)20(13-17)29-21-14-24-9-6-15(21)7-10-24;/h2-5,8,11-13,15,21,23H,6-7,9-10,14H2,1H3;1H. The van der Waals surface area contributed by atoms with Gasteiger partial charge < -0.3 is 13.9 Å². The van der Waals surface area contributed by atoms with Crippen LogP contribution in [0.25, 0.3) is 11.0 Å². The van der Waals surface area contributed by atoms with Crippen LogP contribution in [0.2, 0.25) is 0 Å². The topological polar surface area (TPSA) is 81.0 Å². The lowest BCUT2D eigenvalue weighted by molar-refractivity contribution is -0.00741. The Balaban J connectivity index is 0.00000231. The highest BCUT2D eigenvalue weighted by Gasteiger charge is 2.36. The van der Waals surface area contributed by atoms with Gasteiger partial charge in [-0.3, -0.25) is 9.62 Å². The number of halogens is 1. The molecule has 9 heteroatoms. The highest BCUT2D eigenvalue weighted by Crippen LogP contribution is 2.36. The van der Waals surface area contributed by atoms with Gasteiger partial charge in [0.05, 0.1) is 24.0 Å². The van der Waals surface area contributed by atoms with Crippen LogP contribution in [0.3, 0.4) is 0 Å². The third kappa shape index (κ3) is 4.33. The molecule has 1 unspecified atom stereocenters. The zero-order valence-corrected chi connectivity index (χ0v) is 18.7. The van der Waals surface area contributed by atoms with Gasteiger partial charge in [-0.05, 0) is 68.2 Å². The van der Waals surface area contributed by atoms with Crippen molar-refractivity contribution in [3.05, 3.63) is 48.7 Å². The van der Waals surface area contributed by atoms with E-state index >= 15 is 0 Å². The molecule has 2 bridgehead atoms. The average Bonchev–Trinajstić information content (AvgIpc) is 3.23. The molecular weight excluding hydrogens is 440 g/mol. The molecule has 6 rings (SSSR count). The zero-order valence-electron chi connectivity index (χ0n) is 17.1. The Morgan fingerprint density at radius 2 is 1.84 bits per heavy atom. The smallest absolute Gasteiger partial charge is 0.261 e. The van der Waals surface area contributed by atoms with E-state index in [4.69, 9.17) is 13.9 Å². The minimum Gasteiger partial charge on any atom is -0.497 e. The number of piperidine rings is 3. The van der Waals surface area contributed by atoms with Crippen LogP contribution >= 0.6 is 12.4 Å². The molecule has 1 atom stereocenters. The molecule has 4 heterocycles. The lowest BCUT2D eigenvalue weighted by atomic mass is 9.86. The molecule has 166 valence electrons. The van der Waals surface area contributed by atoms with Crippen LogP contribution in [0, 0.1) is 5.92 Å². The van der Waals surface area contributed by atoms with Gasteiger partial charge in [0.15, 0.2) is 11.3 Å². The molecule has 3 saturated heterocycles. The normalized spacial score (nSPS) is 22.7. The van der Waals surface area contributed by atoms with Crippen molar-refractivity contribution >= 4 is 39.1 Å². The Bertz CT molecular complexity index is 1150. The maximum Gasteiger partial charge on any atom is 0.261 e. The molecule has 7 nitrogen and oxygen atoms in total. The monoisotopic (exact) mass is 464 g/mol. The molecular formula is C22H25ClN2O5S. The first-order chi connectivity index (χ1) is 14.5. The van der Waals surface area contributed by atoms with E-state index in [-0.39, 0.29) is 23.4 Å². The molecule has 2 aromatic carbocycles. The minimum atomic E-state index is -3.75. The third-order valence-corrected chi connectivity index (χ3v) is 7.41. The van der Waals surface area contributed by atoms with Gasteiger partial charge in [0, 0.05) is 18.0 Å². The maximum atomic E-state index is 12.9. The molecule has 0 spiro atoms. The molecule has 0 radical (unpaired) electrons. The fourth-order valence-electron chi connectivity index (χ4n) is 4.37. The molecule has 3 fully saturated rings. The summed E-state index contributed by atoms with van der Waals surface area (Å²) in [6, 6.07) is 11.5. The first kappa shape index (κ1) is 21.8. The quantitative estimate of drug-likeness (QED) is 0.590. The van der Waals surface area contributed by atoms with Crippen LogP contribution in [0.4, 0.5) is 5.69 Å². The lowest BCUT2D eigenvalue weighted by Crippen LogP contribution is -2.52. The molecule has 31 heavy (non-hydrogen) atoms. The molecule has 0 amide bonds. The number of sulfonamides is 1. The summed E-state index contributed by atoms with van der Waals surface area (Å²) in [6.45, 7) is 3.15. The Hall–Kier alpha value is -2.42. The zero-order chi connectivity index (χ0) is 20.7. The molecule has 3 aliphatic heterocycles. The fourth-order valence-corrected chi connectivity index (χ4v) is 5.41. The largest absolute Gasteiger partial charge is 0.497 e. The van der Waals surface area contributed by atoms with E-state index in [0.29, 0.717) is 28.7 Å². The van der Waals surface area contributed by atoms with Crippen molar-refractivity contribution in [2.24, 2.45) is 5.92 Å². The first-order valence-corrected chi connectivity index (χ1v) is 11.6. The van der Waals surface area contributed by atoms with Crippen molar-refractivity contribution in [1.82, 2.24) is 4.90 Å². The molecule has 3 aromatic rings. The number of benzene rings is 2. The van der Waals surface area contributed by atoms with Crippen molar-refractivity contribution in [2.75, 3.05) is 31.5 Å². The van der Waals surface area contributed by atoms with Gasteiger partial charge in [-0.2, -0.15) is 0 Å². The van der Waals surface area contributed by atoms with Crippen molar-refractivity contribution in [1.29, 1.82) is 0 Å². The predicted molar refractivity (Wildman–Crippen MR) is 121 cm³/mol. The first-order valence-electron chi connectivity index (χ1n) is 10.1. The van der Waals surface area contributed by atoms with E-state index in [1.54, 1.807) is 37.6 Å². The van der Waals surface area contributed by atoms with E-state index in [1.807, 2.05) is 6.07 Å². The number of hydrogen-bond donors (Lipinski definition) is 1. The number of nitrogens with one attached hydrogen (secondary N) is 1. The summed E-state index contributed by atoms with van der Waals surface area (Å²) < 4.78 is 45.5. The van der Waals surface area contributed by atoms with Crippen molar-refractivity contribution in [3.63, 3.8) is 0 Å². The average molecular weight is 465 g/mol. The van der Waals surface area contributed by atoms with E-state index < -0.39 is 10.0 Å². The minimum absolute atomic E-state index is 0. The Labute approximate surface area is 187 Å². The fraction of sp³-hybridized carbons (Fsp3) is 0.364. The second kappa shape index (κ2) is 8.61. The Morgan fingerprint density at radius 1 is 1.10 bits per heavy atom. The van der Waals surface area contributed by atoms with E-state index in [0.717, 1.165) is 37.9 Å². The Kier molecular flexibility index (Phi) is 6.05. The van der Waals surface area contributed by atoms with Crippen LogP contribution in [-0.4, -0.2) is 46.2 Å². The van der Waals surface area contributed by atoms with Gasteiger partial charge in [-0.25, -0.2) is 8.42 Å². The van der Waals surface area contributed by atoms with Gasteiger partial charge >= 0.3 is 0 Å². The number of ether oxygens (including phenoxy) is 2. The summed E-state index contributed by atoms with van der Waals surface area (Å²) >= 11 is 0. The van der Waals surface area contributed by atoms with Crippen molar-refractivity contribution < 1.29 is 22.3 Å². The molecule has 0 aliphatic carbocycles. The summed E-state index contributed by atoms with van der Waals surface area (Å²) in [6.07, 6.45) is 3.95. The number of fused-ring (bicyclic) bond motifs is 4. The van der Waals surface area contributed by atoms with Crippen LogP contribution in [-0.2, 0) is 10.0 Å². The van der Waals surface area contributed by atoms with E-state index in [2.05, 4.69) is 9.62 Å². The van der Waals surface area contributed by atoms with Crippen molar-refractivity contribution in [2.45, 2.75) is 23.8 Å². The van der Waals surface area contributed by atoms with Gasteiger partial charge in [-0.15, -0.1) is 12.4 Å². The SMILES string of the molecule is COc1ccc(S(=O)(=O)Nc2cc(OC3CN4CCC3CC4)c3occc3c2)cc1.Cl. The number of rotatable bonds is 6. The highest BCUT2D eigenvalue weighted by atomic mass is 35.5. The molecule has 3 aliphatic rings. The predicted octanol–water partition coefficient (Wildman–Crippen LogP) is 4.14. The molecule has 1 N–H and O–H groups in total. The number of furan rings is 1. The third-order valence-electron chi connectivity index (χ3n) is 6.01. The summed E-state index contributed by atoms with van der Waals surface area (Å²) in [5.74, 6) is 1.70.